The van der Waals surface area contributed by atoms with Crippen molar-refractivity contribution < 1.29 is 26.9 Å². The van der Waals surface area contributed by atoms with Crippen LogP contribution >= 0.6 is 11.6 Å². The Kier molecular flexibility index (Phi) is 6.26. The second-order valence-corrected chi connectivity index (χ2v) is 9.47. The number of hydrogen-bond donors (Lipinski definition) is 2. The number of pyridine rings is 2. The molecule has 2 aliphatic heterocycles. The van der Waals surface area contributed by atoms with E-state index in [9.17, 15) is 22.8 Å². The van der Waals surface area contributed by atoms with Gasteiger partial charge in [-0.05, 0) is 30.2 Å². The lowest BCUT2D eigenvalue weighted by atomic mass is 9.98. The van der Waals surface area contributed by atoms with Gasteiger partial charge in [0.1, 0.15) is 12.6 Å². The van der Waals surface area contributed by atoms with Crippen LogP contribution in [0.15, 0.2) is 47.5 Å². The molecule has 2 bridgehead atoms. The van der Waals surface area contributed by atoms with Gasteiger partial charge in [-0.3, -0.25) is 9.78 Å². The Morgan fingerprint density at radius 1 is 1.30 bits per heavy atom. The van der Waals surface area contributed by atoms with Crippen molar-refractivity contribution in [2.75, 3.05) is 23.8 Å². The van der Waals surface area contributed by atoms with Gasteiger partial charge in [0, 0.05) is 61.2 Å². The van der Waals surface area contributed by atoms with Crippen LogP contribution in [0.5, 0.6) is 0 Å². The first-order chi connectivity index (χ1) is 17.5. The fraction of sp³-hybridized carbons (Fsp3) is 0.280. The number of hydrogen-bond acceptors (Lipinski definition) is 4. The average Bonchev–Trinajstić information content (AvgIpc) is 3.15. The molecule has 2 aromatic heterocycles. The number of fused-ring (bicyclic) bond motifs is 3. The van der Waals surface area contributed by atoms with E-state index in [0.717, 1.165) is 27.8 Å². The molecule has 3 aromatic rings. The lowest BCUT2D eigenvalue weighted by molar-refractivity contribution is -0.468. The summed E-state index contributed by atoms with van der Waals surface area (Å²) in [5, 5.41) is 2.65. The highest BCUT2D eigenvalue weighted by molar-refractivity contribution is 6.33. The maximum absolute atomic E-state index is 15.1. The molecule has 0 saturated carbocycles. The number of amides is 2. The van der Waals surface area contributed by atoms with E-state index in [1.807, 2.05) is 0 Å². The number of rotatable bonds is 4. The molecule has 0 saturated heterocycles. The molecule has 0 unspecified atom stereocenters. The van der Waals surface area contributed by atoms with Crippen molar-refractivity contribution >= 4 is 34.7 Å². The zero-order chi connectivity index (χ0) is 26.5. The van der Waals surface area contributed by atoms with Gasteiger partial charge in [0.25, 0.3) is 0 Å². The van der Waals surface area contributed by atoms with E-state index < -0.39 is 24.6 Å². The first-order valence-electron chi connectivity index (χ1n) is 11.4. The van der Waals surface area contributed by atoms with Crippen molar-refractivity contribution in [2.45, 2.75) is 31.5 Å². The quantitative estimate of drug-likeness (QED) is 0.351. The summed E-state index contributed by atoms with van der Waals surface area (Å²) < 4.78 is 55.0. The van der Waals surface area contributed by atoms with Gasteiger partial charge >= 0.3 is 12.2 Å². The van der Waals surface area contributed by atoms with Crippen LogP contribution in [0.4, 0.5) is 33.7 Å². The van der Waals surface area contributed by atoms with E-state index >= 15 is 4.39 Å². The first kappa shape index (κ1) is 24.9. The molecule has 0 radical (unpaired) electrons. The van der Waals surface area contributed by atoms with Crippen LogP contribution in [0, 0.1) is 5.82 Å². The third-order valence-corrected chi connectivity index (χ3v) is 6.86. The molecule has 0 aliphatic carbocycles. The SMILES string of the molecule is CN(CC(F)(F)F)c1ccnc(-c2cc(F)c(NC(=O)[N+]3=C4CC[C@@H]3c3c[nH]c(=O)cc3C4)cc2Cl)c1. The Bertz CT molecular complexity index is 1500. The van der Waals surface area contributed by atoms with Gasteiger partial charge in [-0.1, -0.05) is 11.6 Å². The minimum Gasteiger partial charge on any atom is -0.366 e. The van der Waals surface area contributed by atoms with Crippen LogP contribution in [-0.4, -0.2) is 46.1 Å². The highest BCUT2D eigenvalue weighted by Gasteiger charge is 2.41. The maximum Gasteiger partial charge on any atom is 0.496 e. The van der Waals surface area contributed by atoms with E-state index in [1.54, 1.807) is 10.8 Å². The van der Waals surface area contributed by atoms with E-state index in [0.29, 0.717) is 19.3 Å². The van der Waals surface area contributed by atoms with E-state index in [-0.39, 0.29) is 39.3 Å². The lowest BCUT2D eigenvalue weighted by Crippen LogP contribution is -2.35. The number of benzene rings is 1. The third-order valence-electron chi connectivity index (χ3n) is 6.55. The van der Waals surface area contributed by atoms with Crippen LogP contribution < -0.4 is 15.8 Å². The second-order valence-electron chi connectivity index (χ2n) is 9.06. The largest absolute Gasteiger partial charge is 0.496 e. The Balaban J connectivity index is 1.39. The number of H-pyrrole nitrogens is 1. The van der Waals surface area contributed by atoms with Crippen molar-refractivity contribution in [3.63, 3.8) is 0 Å². The molecule has 12 heteroatoms. The molecule has 192 valence electrons. The number of anilines is 2. The van der Waals surface area contributed by atoms with Gasteiger partial charge in [0.15, 0.2) is 11.5 Å². The summed E-state index contributed by atoms with van der Waals surface area (Å²) in [5.41, 5.74) is 2.80. The van der Waals surface area contributed by atoms with Crippen molar-refractivity contribution in [3.05, 3.63) is 75.0 Å². The molecule has 7 nitrogen and oxygen atoms in total. The van der Waals surface area contributed by atoms with E-state index in [1.165, 1.54) is 37.5 Å². The van der Waals surface area contributed by atoms with Gasteiger partial charge in [0.2, 0.25) is 5.56 Å². The van der Waals surface area contributed by atoms with Crippen LogP contribution in [0.25, 0.3) is 11.3 Å². The van der Waals surface area contributed by atoms with Crippen LogP contribution in [0.3, 0.4) is 0 Å². The van der Waals surface area contributed by atoms with Crippen molar-refractivity contribution in [2.24, 2.45) is 0 Å². The topological polar surface area (TPSA) is 81.1 Å². The summed E-state index contributed by atoms with van der Waals surface area (Å²) in [7, 11) is 1.29. The highest BCUT2D eigenvalue weighted by Crippen LogP contribution is 2.37. The van der Waals surface area contributed by atoms with Crippen LogP contribution in [0.2, 0.25) is 5.02 Å². The Morgan fingerprint density at radius 3 is 2.84 bits per heavy atom. The smallest absolute Gasteiger partial charge is 0.366 e. The van der Waals surface area contributed by atoms with E-state index in [4.69, 9.17) is 11.6 Å². The number of halogens is 5. The summed E-state index contributed by atoms with van der Waals surface area (Å²) in [6, 6.07) is 5.87. The Hall–Kier alpha value is -3.73. The molecule has 1 atom stereocenters. The summed E-state index contributed by atoms with van der Waals surface area (Å²) in [6.45, 7) is -1.17. The van der Waals surface area contributed by atoms with Crippen LogP contribution in [0.1, 0.15) is 30.0 Å². The molecular formula is C25H21ClF4N5O2+. The monoisotopic (exact) mass is 534 g/mol. The lowest BCUT2D eigenvalue weighted by Gasteiger charge is -2.21. The number of aromatic nitrogens is 2. The molecule has 5 rings (SSSR count). The molecule has 4 heterocycles. The normalized spacial score (nSPS) is 16.5. The van der Waals surface area contributed by atoms with Crippen molar-refractivity contribution in [3.8, 4) is 11.3 Å². The minimum atomic E-state index is -4.40. The summed E-state index contributed by atoms with van der Waals surface area (Å²) >= 11 is 6.39. The molecule has 2 N–H and O–H groups in total. The van der Waals surface area contributed by atoms with Gasteiger partial charge in [-0.25, -0.2) is 9.71 Å². The number of carbonyl (C=O) groups excluding carboxylic acids is 1. The van der Waals surface area contributed by atoms with Crippen molar-refractivity contribution in [1.82, 2.24) is 9.97 Å². The number of aromatic amines is 1. The molecular weight excluding hydrogens is 514 g/mol. The highest BCUT2D eigenvalue weighted by atomic mass is 35.5. The van der Waals surface area contributed by atoms with Gasteiger partial charge in [-0.15, -0.1) is 0 Å². The zero-order valence-corrected chi connectivity index (χ0v) is 20.3. The second kappa shape index (κ2) is 9.29. The maximum atomic E-state index is 15.1. The standard InChI is InChI=1S/C25H20ClF4N5O2/c1-34(12-25(28,29)30)14-4-5-31-20(8-14)16-9-19(27)21(10-18(16)26)33-24(37)35-15-2-3-22(35)17-11-32-23(36)7-13(17)6-15/h4-5,7-11,22H,2-3,6,12H2,1H3,(H-,31,32,33,36,37)/p+1/t22-/m1/s1. The predicted molar refractivity (Wildman–Crippen MR) is 131 cm³/mol. The minimum absolute atomic E-state index is 0.0667. The predicted octanol–water partition coefficient (Wildman–Crippen LogP) is 5.30. The number of urea groups is 1. The van der Waals surface area contributed by atoms with Gasteiger partial charge < -0.3 is 9.88 Å². The summed E-state index contributed by atoms with van der Waals surface area (Å²) in [4.78, 5) is 32.6. The van der Waals surface area contributed by atoms with Gasteiger partial charge in [-0.2, -0.15) is 22.5 Å². The van der Waals surface area contributed by atoms with E-state index in [2.05, 4.69) is 15.3 Å². The molecule has 0 spiro atoms. The molecule has 2 aliphatic rings. The number of alkyl halides is 3. The average molecular weight is 535 g/mol. The number of nitrogens with zero attached hydrogens (tertiary/aromatic N) is 3. The number of nitrogens with one attached hydrogen (secondary N) is 2. The molecule has 37 heavy (non-hydrogen) atoms. The fourth-order valence-electron chi connectivity index (χ4n) is 4.91. The Morgan fingerprint density at radius 2 is 2.08 bits per heavy atom. The zero-order valence-electron chi connectivity index (χ0n) is 19.5. The third kappa shape index (κ3) is 4.95. The summed E-state index contributed by atoms with van der Waals surface area (Å²) in [5.74, 6) is -0.775. The Labute approximate surface area is 213 Å². The van der Waals surface area contributed by atoms with Gasteiger partial charge in [0.05, 0.1) is 16.4 Å². The van der Waals surface area contributed by atoms with Crippen LogP contribution in [-0.2, 0) is 6.42 Å². The fourth-order valence-corrected chi connectivity index (χ4v) is 5.17. The molecule has 2 amide bonds. The summed E-state index contributed by atoms with van der Waals surface area (Å²) in [6.07, 6.45) is 0.353. The van der Waals surface area contributed by atoms with Crippen molar-refractivity contribution in [1.29, 1.82) is 0 Å². The molecule has 1 aromatic carbocycles. The molecule has 0 fully saturated rings. The first-order valence-corrected chi connectivity index (χ1v) is 11.8. The number of carbonyl (C=O) groups is 1.